The molecule has 5 rings (SSSR count). The molecule has 2 aliphatic rings. The van der Waals surface area contributed by atoms with Gasteiger partial charge in [0.25, 0.3) is 21.7 Å². The summed E-state index contributed by atoms with van der Waals surface area (Å²) >= 11 is 3.62. The van der Waals surface area contributed by atoms with E-state index < -0.39 is 42.2 Å². The number of nitrogen functional groups attached to an aromatic ring is 1. The SMILES string of the molecule is Cc1cc2ccc[n+](C3=C(C(=O)[O-])N4C(=O)C(NC(=O)C(=NOC(F)F)c5csc(N)n5)C4CS3)c2s1. The number of pyridine rings is 1. The van der Waals surface area contributed by atoms with Gasteiger partial charge in [0.1, 0.15) is 17.4 Å². The fraction of sp³-hybridized carbons (Fsp3) is 0.238. The number of nitrogens with zero attached hydrogens (tertiary/aromatic N) is 4. The standard InChI is InChI=1S/C21H16F2N6O5S3/c1-8-5-9-3-2-4-28(17(9)37-8)18-14(19(32)33)29-11(7-35-18)13(16(29)31)26-15(30)12(27-34-20(22)23)10-6-36-21(24)25-10/h2-6,11,13,20H,7H2,1H3,(H3-,24,25,26,30,32,33). The second-order valence-corrected chi connectivity index (χ2v) is 11.0. The molecule has 37 heavy (non-hydrogen) atoms. The molecule has 3 aromatic heterocycles. The van der Waals surface area contributed by atoms with Crippen molar-refractivity contribution in [3.63, 3.8) is 0 Å². The smallest absolute Gasteiger partial charge is 0.407 e. The number of thiazole rings is 1. The van der Waals surface area contributed by atoms with Crippen molar-refractivity contribution in [1.82, 2.24) is 15.2 Å². The zero-order chi connectivity index (χ0) is 26.4. The second kappa shape index (κ2) is 9.68. The van der Waals surface area contributed by atoms with Crippen LogP contribution in [-0.4, -0.2) is 57.8 Å². The van der Waals surface area contributed by atoms with E-state index in [1.807, 2.05) is 19.1 Å². The summed E-state index contributed by atoms with van der Waals surface area (Å²) in [5.74, 6) is -3.00. The van der Waals surface area contributed by atoms with Gasteiger partial charge in [-0.2, -0.15) is 8.78 Å². The number of alkyl halides is 2. The third-order valence-electron chi connectivity index (χ3n) is 5.55. The molecule has 1 fully saturated rings. The number of thiophene rings is 1. The van der Waals surface area contributed by atoms with Crippen LogP contribution >= 0.6 is 34.4 Å². The van der Waals surface area contributed by atoms with Crippen molar-refractivity contribution in [3.8, 4) is 0 Å². The van der Waals surface area contributed by atoms with Gasteiger partial charge in [0.05, 0.1) is 17.4 Å². The van der Waals surface area contributed by atoms with Gasteiger partial charge < -0.3 is 25.8 Å². The topological polar surface area (TPSA) is 154 Å². The number of aliphatic carboxylic acids is 1. The van der Waals surface area contributed by atoms with Crippen molar-refractivity contribution in [1.29, 1.82) is 0 Å². The van der Waals surface area contributed by atoms with Crippen LogP contribution in [0.5, 0.6) is 0 Å². The number of nitrogens with two attached hydrogens (primary N) is 1. The maximum absolute atomic E-state index is 13.1. The first-order chi connectivity index (χ1) is 17.7. The van der Waals surface area contributed by atoms with Crippen molar-refractivity contribution in [2.24, 2.45) is 5.16 Å². The number of hydrogen-bond donors (Lipinski definition) is 2. The van der Waals surface area contributed by atoms with Crippen molar-refractivity contribution >= 4 is 78.3 Å². The second-order valence-electron chi connectivity index (χ2n) is 7.85. The highest BCUT2D eigenvalue weighted by molar-refractivity contribution is 8.07. The summed E-state index contributed by atoms with van der Waals surface area (Å²) < 4.78 is 26.8. The molecule has 0 aromatic carbocycles. The van der Waals surface area contributed by atoms with E-state index in [1.54, 1.807) is 16.8 Å². The number of carboxylic acids is 1. The van der Waals surface area contributed by atoms with Crippen molar-refractivity contribution in [3.05, 3.63) is 46.0 Å². The molecule has 0 spiro atoms. The Morgan fingerprint density at radius 2 is 2.22 bits per heavy atom. The minimum atomic E-state index is -3.29. The zero-order valence-electron chi connectivity index (χ0n) is 18.7. The maximum atomic E-state index is 13.1. The Morgan fingerprint density at radius 3 is 2.89 bits per heavy atom. The van der Waals surface area contributed by atoms with E-state index in [1.165, 1.54) is 28.5 Å². The number of amides is 2. The zero-order valence-corrected chi connectivity index (χ0v) is 21.2. The van der Waals surface area contributed by atoms with E-state index in [2.05, 4.69) is 20.3 Å². The Balaban J connectivity index is 1.43. The van der Waals surface area contributed by atoms with Crippen LogP contribution in [0.3, 0.4) is 0 Å². The third kappa shape index (κ3) is 4.51. The quantitative estimate of drug-likeness (QED) is 0.181. The molecule has 5 heterocycles. The normalized spacial score (nSPS) is 19.7. The lowest BCUT2D eigenvalue weighted by molar-refractivity contribution is -0.543. The molecule has 3 N–H and O–H groups in total. The van der Waals surface area contributed by atoms with E-state index >= 15 is 0 Å². The van der Waals surface area contributed by atoms with Crippen LogP contribution in [0.25, 0.3) is 15.2 Å². The monoisotopic (exact) mass is 566 g/mol. The van der Waals surface area contributed by atoms with Gasteiger partial charge in [-0.25, -0.2) is 4.98 Å². The number of hydrogen-bond acceptors (Lipinski definition) is 11. The van der Waals surface area contributed by atoms with E-state index in [-0.39, 0.29) is 22.3 Å². The predicted molar refractivity (Wildman–Crippen MR) is 130 cm³/mol. The molecule has 16 heteroatoms. The Kier molecular flexibility index (Phi) is 6.55. The number of anilines is 1. The Bertz CT molecular complexity index is 1500. The number of carboxylic acid groups (broad SMARTS) is 1. The number of rotatable bonds is 7. The van der Waals surface area contributed by atoms with Crippen LogP contribution in [0.1, 0.15) is 10.6 Å². The Morgan fingerprint density at radius 1 is 1.43 bits per heavy atom. The highest BCUT2D eigenvalue weighted by atomic mass is 32.2. The number of fused-ring (bicyclic) bond motifs is 2. The molecule has 192 valence electrons. The number of β-lactam (4-membered cyclic amide) rings is 1. The first kappa shape index (κ1) is 25.0. The average molecular weight is 567 g/mol. The number of carbonyl (C=O) groups excluding carboxylic acids is 3. The van der Waals surface area contributed by atoms with Crippen LogP contribution in [0.2, 0.25) is 0 Å². The number of carbonyl (C=O) groups is 3. The predicted octanol–water partition coefficient (Wildman–Crippen LogP) is 0.498. The third-order valence-corrected chi connectivity index (χ3v) is 8.46. The van der Waals surface area contributed by atoms with E-state index in [4.69, 9.17) is 5.73 Å². The molecule has 0 bridgehead atoms. The molecule has 0 aliphatic carbocycles. The van der Waals surface area contributed by atoms with Crippen LogP contribution in [0.15, 0.2) is 40.6 Å². The van der Waals surface area contributed by atoms with Crippen LogP contribution in [0.4, 0.5) is 13.9 Å². The maximum Gasteiger partial charge on any atom is 0.407 e. The van der Waals surface area contributed by atoms with Crippen molar-refractivity contribution in [2.75, 3.05) is 11.5 Å². The fourth-order valence-corrected chi connectivity index (χ4v) is 6.92. The van der Waals surface area contributed by atoms with Gasteiger partial charge in [-0.3, -0.25) is 14.5 Å². The Hall–Kier alpha value is -3.63. The number of halogens is 2. The molecule has 2 atom stereocenters. The van der Waals surface area contributed by atoms with E-state index in [9.17, 15) is 28.3 Å². The van der Waals surface area contributed by atoms with Crippen molar-refractivity contribution in [2.45, 2.75) is 25.6 Å². The summed E-state index contributed by atoms with van der Waals surface area (Å²) in [6, 6.07) is 3.79. The lowest BCUT2D eigenvalue weighted by atomic mass is 9.94. The van der Waals surface area contributed by atoms with E-state index in [0.717, 1.165) is 31.3 Å². The van der Waals surface area contributed by atoms with E-state index in [0.29, 0.717) is 5.03 Å². The molecule has 2 unspecified atom stereocenters. The summed E-state index contributed by atoms with van der Waals surface area (Å²) in [7, 11) is 0. The highest BCUT2D eigenvalue weighted by Gasteiger charge is 2.54. The molecular weight excluding hydrogens is 550 g/mol. The number of aromatic nitrogens is 2. The molecule has 2 aliphatic heterocycles. The van der Waals surface area contributed by atoms with Crippen LogP contribution in [0, 0.1) is 6.92 Å². The molecule has 11 nitrogen and oxygen atoms in total. The average Bonchev–Trinajstić information content (AvgIpc) is 3.45. The summed E-state index contributed by atoms with van der Waals surface area (Å²) in [6.45, 7) is -1.36. The molecule has 0 radical (unpaired) electrons. The molecule has 2 amide bonds. The lowest BCUT2D eigenvalue weighted by Gasteiger charge is -2.49. The van der Waals surface area contributed by atoms with Crippen LogP contribution < -0.4 is 20.7 Å². The van der Waals surface area contributed by atoms with Gasteiger partial charge in [-0.15, -0.1) is 15.9 Å². The number of nitrogens with one attached hydrogen (secondary N) is 1. The largest absolute Gasteiger partial charge is 0.543 e. The molecule has 1 saturated heterocycles. The summed E-state index contributed by atoms with van der Waals surface area (Å²) in [6.07, 6.45) is 1.71. The first-order valence-corrected chi connectivity index (χ1v) is 13.2. The van der Waals surface area contributed by atoms with Crippen LogP contribution in [-0.2, 0) is 19.2 Å². The first-order valence-electron chi connectivity index (χ1n) is 10.5. The van der Waals surface area contributed by atoms with Gasteiger partial charge in [0.15, 0.2) is 17.0 Å². The van der Waals surface area contributed by atoms with Gasteiger partial charge >= 0.3 is 6.61 Å². The summed E-state index contributed by atoms with van der Waals surface area (Å²) in [5.41, 5.74) is 4.53. The van der Waals surface area contributed by atoms with Gasteiger partial charge in [0, 0.05) is 22.1 Å². The summed E-state index contributed by atoms with van der Waals surface area (Å²) in [5, 5.41) is 20.4. The fourth-order valence-electron chi connectivity index (χ4n) is 4.05. The highest BCUT2D eigenvalue weighted by Crippen LogP contribution is 2.39. The minimum Gasteiger partial charge on any atom is -0.543 e. The summed E-state index contributed by atoms with van der Waals surface area (Å²) in [4.78, 5) is 48.8. The number of oxime groups is 1. The number of thioether (sulfide) groups is 1. The molecular formula is C21H16F2N6O5S3. The van der Waals surface area contributed by atoms with Gasteiger partial charge in [0.2, 0.25) is 0 Å². The van der Waals surface area contributed by atoms with Gasteiger partial charge in [-0.1, -0.05) is 28.3 Å². The molecule has 0 saturated carbocycles. The lowest BCUT2D eigenvalue weighted by Crippen LogP contribution is -2.74. The molecule has 3 aromatic rings. The minimum absolute atomic E-state index is 0.0619. The Labute approximate surface area is 219 Å². The van der Waals surface area contributed by atoms with Gasteiger partial charge in [-0.05, 0) is 19.1 Å². The van der Waals surface area contributed by atoms with Crippen molar-refractivity contribution < 1.29 is 37.7 Å². The number of aryl methyl sites for hydroxylation is 1.